The van der Waals surface area contributed by atoms with Gasteiger partial charge in [-0.3, -0.25) is 0 Å². The van der Waals surface area contributed by atoms with Gasteiger partial charge in [-0.1, -0.05) is 51.2 Å². The molecule has 5 nitrogen and oxygen atoms in total. The van der Waals surface area contributed by atoms with E-state index in [9.17, 15) is 8.42 Å². The van der Waals surface area contributed by atoms with Crippen LogP contribution < -0.4 is 0 Å². The fraction of sp³-hybridized carbons (Fsp3) is 0.417. The molecular weight excluding hydrogens is 403 g/mol. The quantitative estimate of drug-likeness (QED) is 0.592. The van der Waals surface area contributed by atoms with Crippen molar-refractivity contribution in [3.8, 4) is 0 Å². The Balaban J connectivity index is 2.40. The summed E-state index contributed by atoms with van der Waals surface area (Å²) in [7, 11) is -3.79. The second-order valence-electron chi connectivity index (χ2n) is 4.80. The molecule has 0 saturated carbocycles. The van der Waals surface area contributed by atoms with E-state index in [1.807, 2.05) is 6.92 Å². The third-order valence-corrected chi connectivity index (χ3v) is 6.60. The Morgan fingerprint density at radius 3 is 2.43 bits per heavy atom. The number of rotatable bonds is 2. The number of nitrogens with zero attached hydrogens (tertiary/aromatic N) is 2. The average molecular weight is 416 g/mol. The maximum Gasteiger partial charge on any atom is 0.246 e. The molecule has 1 fully saturated rings. The molecule has 1 unspecified atom stereocenters. The minimum absolute atomic E-state index is 0.0728. The second-order valence-corrected chi connectivity index (χ2v) is 8.41. The van der Waals surface area contributed by atoms with E-state index in [4.69, 9.17) is 28.4 Å². The molecule has 0 spiro atoms. The largest absolute Gasteiger partial charge is 0.411 e. The summed E-state index contributed by atoms with van der Waals surface area (Å²) < 4.78 is 27.4. The molecular formula is C12H13BrCl2N2O3S. The molecule has 116 valence electrons. The molecule has 2 rings (SSSR count). The lowest BCUT2D eigenvalue weighted by Gasteiger charge is -2.31. The minimum atomic E-state index is -3.79. The van der Waals surface area contributed by atoms with Crippen LogP contribution in [0.1, 0.15) is 13.3 Å². The summed E-state index contributed by atoms with van der Waals surface area (Å²) in [6.07, 6.45) is 0.378. The zero-order valence-corrected chi connectivity index (χ0v) is 15.0. The highest BCUT2D eigenvalue weighted by atomic mass is 79.9. The van der Waals surface area contributed by atoms with E-state index >= 15 is 0 Å². The predicted molar refractivity (Wildman–Crippen MR) is 85.9 cm³/mol. The number of piperidine rings is 1. The number of sulfonamides is 1. The smallest absolute Gasteiger partial charge is 0.246 e. The topological polar surface area (TPSA) is 70.0 Å². The first-order valence-corrected chi connectivity index (χ1v) is 9.11. The van der Waals surface area contributed by atoms with Crippen LogP contribution in [-0.2, 0) is 10.0 Å². The Bertz CT molecular complexity index is 671. The highest BCUT2D eigenvalue weighted by molar-refractivity contribution is 9.10. The molecule has 0 aliphatic carbocycles. The predicted octanol–water partition coefficient (Wildman–Crippen LogP) is 3.62. The summed E-state index contributed by atoms with van der Waals surface area (Å²) in [5, 5.41) is 12.2. The molecule has 21 heavy (non-hydrogen) atoms. The van der Waals surface area contributed by atoms with Crippen molar-refractivity contribution in [3.05, 3.63) is 26.7 Å². The van der Waals surface area contributed by atoms with E-state index in [2.05, 4.69) is 21.1 Å². The van der Waals surface area contributed by atoms with Gasteiger partial charge in [0.1, 0.15) is 4.90 Å². The summed E-state index contributed by atoms with van der Waals surface area (Å²) >= 11 is 15.3. The number of hydrogen-bond acceptors (Lipinski definition) is 4. The van der Waals surface area contributed by atoms with Crippen LogP contribution in [0.4, 0.5) is 0 Å². The molecule has 1 saturated heterocycles. The van der Waals surface area contributed by atoms with E-state index in [1.54, 1.807) is 0 Å². The molecule has 1 N–H and O–H groups in total. The van der Waals surface area contributed by atoms with E-state index in [1.165, 1.54) is 16.4 Å². The van der Waals surface area contributed by atoms with Gasteiger partial charge in [-0.05, 0) is 12.1 Å². The molecule has 0 bridgehead atoms. The summed E-state index contributed by atoms with van der Waals surface area (Å²) in [6.45, 7) is 2.26. The second kappa shape index (κ2) is 6.42. The van der Waals surface area contributed by atoms with Gasteiger partial charge in [0, 0.05) is 29.9 Å². The van der Waals surface area contributed by atoms with Crippen LogP contribution in [0.25, 0.3) is 0 Å². The first-order valence-electron chi connectivity index (χ1n) is 6.13. The number of oxime groups is 1. The molecule has 9 heteroatoms. The van der Waals surface area contributed by atoms with Crippen LogP contribution in [0, 0.1) is 5.92 Å². The van der Waals surface area contributed by atoms with Crippen molar-refractivity contribution in [2.45, 2.75) is 18.2 Å². The highest BCUT2D eigenvalue weighted by Crippen LogP contribution is 2.35. The van der Waals surface area contributed by atoms with Gasteiger partial charge in [0.15, 0.2) is 0 Å². The molecule has 0 aromatic heterocycles. The van der Waals surface area contributed by atoms with Crippen molar-refractivity contribution in [2.75, 3.05) is 13.1 Å². The summed E-state index contributed by atoms with van der Waals surface area (Å²) in [4.78, 5) is -0.0920. The first-order chi connectivity index (χ1) is 9.77. The van der Waals surface area contributed by atoms with Crippen LogP contribution in [0.5, 0.6) is 0 Å². The summed E-state index contributed by atoms with van der Waals surface area (Å²) in [5.74, 6) is -0.161. The van der Waals surface area contributed by atoms with E-state index < -0.39 is 10.0 Å². The maximum absolute atomic E-state index is 12.7. The molecule has 1 atom stereocenters. The monoisotopic (exact) mass is 414 g/mol. The summed E-state index contributed by atoms with van der Waals surface area (Å²) in [5.41, 5.74) is 0.592. The molecule has 1 aliphatic heterocycles. The van der Waals surface area contributed by atoms with Gasteiger partial charge in [-0.15, -0.1) is 0 Å². The highest BCUT2D eigenvalue weighted by Gasteiger charge is 2.34. The van der Waals surface area contributed by atoms with Gasteiger partial charge in [0.25, 0.3) is 0 Å². The van der Waals surface area contributed by atoms with Gasteiger partial charge < -0.3 is 5.21 Å². The first kappa shape index (κ1) is 17.0. The molecule has 0 amide bonds. The third kappa shape index (κ3) is 3.37. The van der Waals surface area contributed by atoms with Crippen molar-refractivity contribution in [3.63, 3.8) is 0 Å². The number of benzene rings is 1. The third-order valence-electron chi connectivity index (χ3n) is 3.35. The Labute approximate surface area is 141 Å². The van der Waals surface area contributed by atoms with Crippen LogP contribution in [0.2, 0.25) is 10.0 Å². The van der Waals surface area contributed by atoms with Crippen LogP contribution in [-0.4, -0.2) is 36.7 Å². The Kier molecular flexibility index (Phi) is 5.20. The Hall–Kier alpha value is -0.340. The van der Waals surface area contributed by atoms with Gasteiger partial charge in [0.2, 0.25) is 10.0 Å². The lowest BCUT2D eigenvalue weighted by molar-refractivity contribution is 0.300. The molecule has 1 aromatic carbocycles. The van der Waals surface area contributed by atoms with E-state index in [0.717, 1.165) is 0 Å². The Morgan fingerprint density at radius 1 is 1.38 bits per heavy atom. The maximum atomic E-state index is 12.7. The van der Waals surface area contributed by atoms with Crippen molar-refractivity contribution < 1.29 is 13.6 Å². The van der Waals surface area contributed by atoms with E-state index in [0.29, 0.717) is 16.6 Å². The zero-order chi connectivity index (χ0) is 15.8. The molecule has 0 radical (unpaired) electrons. The van der Waals surface area contributed by atoms with Crippen LogP contribution in [0.3, 0.4) is 0 Å². The van der Waals surface area contributed by atoms with Crippen molar-refractivity contribution in [1.29, 1.82) is 0 Å². The van der Waals surface area contributed by atoms with Gasteiger partial charge in [-0.25, -0.2) is 8.42 Å². The fourth-order valence-corrected chi connectivity index (χ4v) is 5.67. The standard InChI is InChI=1S/C12H13BrCl2N2O3S/c1-7-6-17(3-2-11(7)16-18)21(19,20)12-9(14)4-8(13)5-10(12)15/h4-5,7,18H,2-3,6H2,1H3. The SMILES string of the molecule is CC1CN(S(=O)(=O)c2c(Cl)cc(Br)cc2Cl)CCC1=NO. The van der Waals surface area contributed by atoms with Gasteiger partial charge >= 0.3 is 0 Å². The summed E-state index contributed by atoms with van der Waals surface area (Å²) in [6, 6.07) is 2.99. The number of hydrogen-bond donors (Lipinski definition) is 1. The fourth-order valence-electron chi connectivity index (χ4n) is 2.26. The number of halogens is 3. The van der Waals surface area contributed by atoms with Crippen LogP contribution in [0.15, 0.2) is 26.7 Å². The molecule has 1 heterocycles. The average Bonchev–Trinajstić information content (AvgIpc) is 2.36. The minimum Gasteiger partial charge on any atom is -0.411 e. The van der Waals surface area contributed by atoms with Gasteiger partial charge in [0.05, 0.1) is 15.8 Å². The lowest BCUT2D eigenvalue weighted by Crippen LogP contribution is -2.43. The van der Waals surface area contributed by atoms with Crippen molar-refractivity contribution in [2.24, 2.45) is 11.1 Å². The molecule has 1 aromatic rings. The zero-order valence-electron chi connectivity index (χ0n) is 11.1. The molecule has 1 aliphatic rings. The van der Waals surface area contributed by atoms with E-state index in [-0.39, 0.29) is 33.9 Å². The Morgan fingerprint density at radius 2 is 1.95 bits per heavy atom. The van der Waals surface area contributed by atoms with Crippen molar-refractivity contribution >= 4 is 54.9 Å². The lowest BCUT2D eigenvalue weighted by atomic mass is 10.00. The normalized spacial score (nSPS) is 22.7. The van der Waals surface area contributed by atoms with Crippen LogP contribution >= 0.6 is 39.1 Å². The van der Waals surface area contributed by atoms with Gasteiger partial charge in [-0.2, -0.15) is 4.31 Å². The van der Waals surface area contributed by atoms with Crippen molar-refractivity contribution in [1.82, 2.24) is 4.31 Å².